The number of Topliss-reactive ketones (excluding diaryl/α,β-unsaturated/α-hetero) is 1. The van der Waals surface area contributed by atoms with E-state index >= 15 is 0 Å². The molecule has 4 rings (SSSR count). The van der Waals surface area contributed by atoms with Gasteiger partial charge in [0.1, 0.15) is 47.1 Å². The number of furan rings is 1. The molecule has 1 unspecified atom stereocenters. The molecule has 0 bridgehead atoms. The van der Waals surface area contributed by atoms with Crippen LogP contribution in [0, 0.1) is 6.92 Å². The van der Waals surface area contributed by atoms with Crippen LogP contribution in [0.3, 0.4) is 0 Å². The van der Waals surface area contributed by atoms with Gasteiger partial charge in [0.2, 0.25) is 6.29 Å². The van der Waals surface area contributed by atoms with Gasteiger partial charge in [0.25, 0.3) is 6.48 Å². The van der Waals surface area contributed by atoms with Crippen molar-refractivity contribution in [1.82, 2.24) is 0 Å². The van der Waals surface area contributed by atoms with Crippen LogP contribution < -0.4 is 4.74 Å². The lowest BCUT2D eigenvalue weighted by Gasteiger charge is -2.40. The number of hydrogen-bond acceptors (Lipinski definition) is 11. The molecule has 11 heteroatoms. The molecule has 37 heavy (non-hydrogen) atoms. The van der Waals surface area contributed by atoms with Gasteiger partial charge in [0.05, 0.1) is 12.9 Å². The number of hydrogen-bond donors (Lipinski definition) is 5. The van der Waals surface area contributed by atoms with Crippen molar-refractivity contribution < 1.29 is 53.7 Å². The van der Waals surface area contributed by atoms with E-state index in [4.69, 9.17) is 18.6 Å². The van der Waals surface area contributed by atoms with Crippen LogP contribution in [0.15, 0.2) is 47.1 Å². The van der Waals surface area contributed by atoms with Crippen molar-refractivity contribution in [2.24, 2.45) is 0 Å². The van der Waals surface area contributed by atoms with Crippen molar-refractivity contribution in [3.8, 4) is 11.5 Å². The second kappa shape index (κ2) is 11.6. The third-order valence-electron chi connectivity index (χ3n) is 6.18. The van der Waals surface area contributed by atoms with Crippen LogP contribution in [-0.2, 0) is 20.6 Å². The summed E-state index contributed by atoms with van der Waals surface area (Å²) in [6, 6.07) is 10.3. The molecule has 6 atom stereocenters. The number of phenolic OH excluding ortho intramolecular Hbond substituents is 1. The first-order chi connectivity index (χ1) is 17.7. The molecule has 0 radical (unpaired) electrons. The number of benzene rings is 2. The molecule has 2 heterocycles. The Morgan fingerprint density at radius 2 is 1.86 bits per heavy atom. The number of fused-ring (bicyclic) bond motifs is 1. The Morgan fingerprint density at radius 1 is 1.08 bits per heavy atom. The molecule has 3 aromatic rings. The maximum atomic E-state index is 13.2. The van der Waals surface area contributed by atoms with Crippen LogP contribution in [0.5, 0.6) is 11.5 Å². The Labute approximate surface area is 212 Å². The van der Waals surface area contributed by atoms with Gasteiger partial charge in [-0.25, -0.2) is 0 Å². The molecule has 11 nitrogen and oxygen atoms in total. The van der Waals surface area contributed by atoms with E-state index in [-0.39, 0.29) is 23.5 Å². The molecule has 0 spiro atoms. The standard InChI is InChI=1S/C26H30O11/c1-13-9-17(28)21(16(27)5-3-14-4-6-18-15(11-14)7-8-34-18)19(10-13)36-25-24(31)23(30)22(29)20(37-25)12-35-26(32)33-2/h4,6-11,20,22-26,28-32H,3,5,12H2,1-2H3/t20-,22-,23+,24-,25-,26?/m1/s1. The summed E-state index contributed by atoms with van der Waals surface area (Å²) in [4.78, 5) is 13.2. The second-order valence-corrected chi connectivity index (χ2v) is 8.88. The highest BCUT2D eigenvalue weighted by molar-refractivity contribution is 6.01. The Hall–Kier alpha value is -3.03. The fraction of sp³-hybridized carbons (Fsp3) is 0.423. The van der Waals surface area contributed by atoms with Gasteiger partial charge < -0.3 is 48.9 Å². The van der Waals surface area contributed by atoms with Gasteiger partial charge in [-0.1, -0.05) is 6.07 Å². The second-order valence-electron chi connectivity index (χ2n) is 8.88. The number of aliphatic hydroxyl groups excluding tert-OH is 4. The van der Waals surface area contributed by atoms with Crippen LogP contribution in [0.25, 0.3) is 11.0 Å². The van der Waals surface area contributed by atoms with Crippen molar-refractivity contribution in [2.45, 2.75) is 56.9 Å². The van der Waals surface area contributed by atoms with Crippen molar-refractivity contribution in [1.29, 1.82) is 0 Å². The van der Waals surface area contributed by atoms with Crippen molar-refractivity contribution in [3.05, 3.63) is 59.4 Å². The predicted octanol–water partition coefficient (Wildman–Crippen LogP) is 1.39. The minimum atomic E-state index is -1.69. The van der Waals surface area contributed by atoms with Crippen molar-refractivity contribution >= 4 is 16.8 Å². The van der Waals surface area contributed by atoms with E-state index in [1.165, 1.54) is 19.2 Å². The molecule has 1 aliphatic rings. The van der Waals surface area contributed by atoms with E-state index in [9.17, 15) is 30.3 Å². The first kappa shape index (κ1) is 27.0. The fourth-order valence-corrected chi connectivity index (χ4v) is 4.18. The quantitative estimate of drug-likeness (QED) is 0.194. The number of ketones is 1. The summed E-state index contributed by atoms with van der Waals surface area (Å²) < 4.78 is 26.2. The largest absolute Gasteiger partial charge is 0.507 e. The van der Waals surface area contributed by atoms with E-state index in [2.05, 4.69) is 4.74 Å². The lowest BCUT2D eigenvalue weighted by molar-refractivity contribution is -0.307. The molecular formula is C26H30O11. The Morgan fingerprint density at radius 3 is 2.62 bits per heavy atom. The van der Waals surface area contributed by atoms with Gasteiger partial charge >= 0.3 is 0 Å². The van der Waals surface area contributed by atoms with Crippen molar-refractivity contribution in [2.75, 3.05) is 13.7 Å². The molecule has 5 N–H and O–H groups in total. The number of carbonyl (C=O) groups excluding carboxylic acids is 1. The number of phenols is 1. The highest BCUT2D eigenvalue weighted by atomic mass is 16.8. The average molecular weight is 519 g/mol. The highest BCUT2D eigenvalue weighted by Crippen LogP contribution is 2.34. The number of carbonyl (C=O) groups is 1. The SMILES string of the molecule is COC(O)OC[C@H]1O[C@@H](Oc2cc(C)cc(O)c2C(=O)CCc2ccc3occc3c2)[C@H](O)[C@@H](O)[C@@H]1O. The third-order valence-corrected chi connectivity index (χ3v) is 6.18. The zero-order valence-corrected chi connectivity index (χ0v) is 20.3. The Balaban J connectivity index is 1.51. The molecule has 200 valence electrons. The third kappa shape index (κ3) is 6.11. The molecule has 0 saturated carbocycles. The summed E-state index contributed by atoms with van der Waals surface area (Å²) in [5.74, 6) is -0.773. The zero-order valence-electron chi connectivity index (χ0n) is 20.3. The number of aliphatic hydroxyl groups is 4. The van der Waals surface area contributed by atoms with Crippen LogP contribution in [0.4, 0.5) is 0 Å². The Kier molecular flexibility index (Phi) is 8.45. The van der Waals surface area contributed by atoms with Crippen molar-refractivity contribution in [3.63, 3.8) is 0 Å². The molecule has 1 saturated heterocycles. The fourth-order valence-electron chi connectivity index (χ4n) is 4.18. The molecule has 1 aromatic heterocycles. The Bertz CT molecular complexity index is 1220. The smallest absolute Gasteiger partial charge is 0.268 e. The summed E-state index contributed by atoms with van der Waals surface area (Å²) >= 11 is 0. The summed E-state index contributed by atoms with van der Waals surface area (Å²) in [6.07, 6.45) is -5.63. The van der Waals surface area contributed by atoms with Gasteiger partial charge in [-0.3, -0.25) is 4.79 Å². The van der Waals surface area contributed by atoms with E-state index < -0.39 is 49.6 Å². The maximum Gasteiger partial charge on any atom is 0.268 e. The number of aryl methyl sites for hydroxylation is 2. The van der Waals surface area contributed by atoms with Crippen LogP contribution in [0.1, 0.15) is 27.9 Å². The number of rotatable bonds is 10. The lowest BCUT2D eigenvalue weighted by Crippen LogP contribution is -2.60. The topological polar surface area (TPSA) is 168 Å². The lowest BCUT2D eigenvalue weighted by atomic mass is 9.98. The average Bonchev–Trinajstić information content (AvgIpc) is 3.34. The van der Waals surface area contributed by atoms with Gasteiger partial charge in [0, 0.05) is 18.9 Å². The summed E-state index contributed by atoms with van der Waals surface area (Å²) in [7, 11) is 1.20. The van der Waals surface area contributed by atoms with E-state index in [0.29, 0.717) is 12.0 Å². The summed E-state index contributed by atoms with van der Waals surface area (Å²) in [5, 5.41) is 52.0. The zero-order chi connectivity index (χ0) is 26.7. The highest BCUT2D eigenvalue weighted by Gasteiger charge is 2.45. The van der Waals surface area contributed by atoms with Crippen LogP contribution in [0.2, 0.25) is 0 Å². The van der Waals surface area contributed by atoms with Crippen LogP contribution >= 0.6 is 0 Å². The summed E-state index contributed by atoms with van der Waals surface area (Å²) in [6.45, 7) is -0.307. The van der Waals surface area contributed by atoms with Gasteiger partial charge in [-0.15, -0.1) is 0 Å². The van der Waals surface area contributed by atoms with Gasteiger partial charge in [-0.2, -0.15) is 0 Å². The van der Waals surface area contributed by atoms with Gasteiger partial charge in [-0.05, 0) is 54.8 Å². The monoisotopic (exact) mass is 518 g/mol. The van der Waals surface area contributed by atoms with E-state index in [1.54, 1.807) is 13.2 Å². The molecule has 0 aliphatic carbocycles. The maximum absolute atomic E-state index is 13.2. The number of aromatic hydroxyl groups is 1. The molecule has 1 fully saturated rings. The molecule has 2 aromatic carbocycles. The van der Waals surface area contributed by atoms with Crippen LogP contribution in [-0.4, -0.2) is 82.2 Å². The normalized spacial score (nSPS) is 24.8. The molecule has 1 aliphatic heterocycles. The first-order valence-corrected chi connectivity index (χ1v) is 11.7. The molecule has 0 amide bonds. The number of methoxy groups -OCH3 is 1. The minimum absolute atomic E-state index is 0.0527. The van der Waals surface area contributed by atoms with E-state index in [1.807, 2.05) is 24.3 Å². The predicted molar refractivity (Wildman–Crippen MR) is 128 cm³/mol. The minimum Gasteiger partial charge on any atom is -0.507 e. The summed E-state index contributed by atoms with van der Waals surface area (Å²) in [5.41, 5.74) is 2.11. The first-order valence-electron chi connectivity index (χ1n) is 11.7. The number of ether oxygens (including phenoxy) is 4. The van der Waals surface area contributed by atoms with E-state index in [0.717, 1.165) is 16.5 Å². The molecular weight excluding hydrogens is 488 g/mol. The van der Waals surface area contributed by atoms with Gasteiger partial charge in [0.15, 0.2) is 5.78 Å².